The van der Waals surface area contributed by atoms with Crippen LogP contribution in [-0.2, 0) is 14.3 Å². The maximum Gasteiger partial charge on any atom is 0.315 e. The molecule has 1 heterocycles. The fourth-order valence-corrected chi connectivity index (χ4v) is 2.43. The molecule has 1 aliphatic rings. The second kappa shape index (κ2) is 6.22. The normalized spacial score (nSPS) is 14.0. The third-order valence-electron chi connectivity index (χ3n) is 3.67. The molecular weight excluding hydrogens is 282 g/mol. The summed E-state index contributed by atoms with van der Waals surface area (Å²) >= 11 is 0. The van der Waals surface area contributed by atoms with Gasteiger partial charge in [0.15, 0.2) is 0 Å². The summed E-state index contributed by atoms with van der Waals surface area (Å²) in [5, 5.41) is 2.84. The summed E-state index contributed by atoms with van der Waals surface area (Å²) in [6, 6.07) is 7.43. The Morgan fingerprint density at radius 2 is 2.00 bits per heavy atom. The summed E-state index contributed by atoms with van der Waals surface area (Å²) < 4.78 is 10.9. The van der Waals surface area contributed by atoms with Gasteiger partial charge in [-0.3, -0.25) is 9.59 Å². The highest BCUT2D eigenvalue weighted by Gasteiger charge is 2.38. The van der Waals surface area contributed by atoms with Gasteiger partial charge in [0.25, 0.3) is 0 Å². The predicted molar refractivity (Wildman–Crippen MR) is 83.1 cm³/mol. The predicted octanol–water partition coefficient (Wildman–Crippen LogP) is 2.52. The zero-order valence-corrected chi connectivity index (χ0v) is 13.4. The van der Waals surface area contributed by atoms with Crippen LogP contribution in [-0.4, -0.2) is 25.1 Å². The van der Waals surface area contributed by atoms with Crippen LogP contribution in [0.2, 0.25) is 0 Å². The van der Waals surface area contributed by atoms with Crippen molar-refractivity contribution in [3.8, 4) is 5.75 Å². The third-order valence-corrected chi connectivity index (χ3v) is 3.67. The number of rotatable bonds is 4. The van der Waals surface area contributed by atoms with E-state index in [1.165, 1.54) is 6.92 Å². The number of carbonyl (C=O) groups is 2. The Balaban J connectivity index is 2.55. The van der Waals surface area contributed by atoms with Crippen LogP contribution in [0.15, 0.2) is 29.8 Å². The van der Waals surface area contributed by atoms with Crippen LogP contribution in [0.3, 0.4) is 0 Å². The molecule has 1 amide bonds. The lowest BCUT2D eigenvalue weighted by Gasteiger charge is -2.32. The molecule has 0 spiro atoms. The van der Waals surface area contributed by atoms with E-state index in [-0.39, 0.29) is 18.5 Å². The first kappa shape index (κ1) is 16.1. The zero-order valence-electron chi connectivity index (χ0n) is 13.4. The van der Waals surface area contributed by atoms with Gasteiger partial charge in [0.1, 0.15) is 12.4 Å². The lowest BCUT2D eigenvalue weighted by atomic mass is 9.81. The lowest BCUT2D eigenvalue weighted by Crippen LogP contribution is -2.36. The molecule has 1 aromatic rings. The minimum Gasteiger partial charge on any atom is -0.488 e. The topological polar surface area (TPSA) is 64.6 Å². The van der Waals surface area contributed by atoms with Crippen LogP contribution in [0.5, 0.6) is 5.75 Å². The number of hydrogen-bond donors (Lipinski definition) is 1. The quantitative estimate of drug-likeness (QED) is 0.868. The molecule has 22 heavy (non-hydrogen) atoms. The summed E-state index contributed by atoms with van der Waals surface area (Å²) in [4.78, 5) is 23.9. The lowest BCUT2D eigenvalue weighted by molar-refractivity contribution is -0.151. The first-order valence-corrected chi connectivity index (χ1v) is 7.28. The smallest absolute Gasteiger partial charge is 0.315 e. The van der Waals surface area contributed by atoms with Crippen LogP contribution < -0.4 is 10.1 Å². The standard InChI is InChI=1S/C17H21NO4/c1-5-21-16(20)17(3,4)13-10-22-14-9-7-6-8-12(14)15(13)18-11(2)19/h6-9H,5,10H2,1-4H3,(H,18,19). The summed E-state index contributed by atoms with van der Waals surface area (Å²) in [6.07, 6.45) is 0. The number of nitrogens with one attached hydrogen (secondary N) is 1. The zero-order chi connectivity index (χ0) is 16.3. The molecule has 5 heteroatoms. The molecule has 0 aromatic heterocycles. The van der Waals surface area contributed by atoms with Gasteiger partial charge in [-0.1, -0.05) is 12.1 Å². The second-order valence-corrected chi connectivity index (χ2v) is 5.67. The van der Waals surface area contributed by atoms with Crippen molar-refractivity contribution in [3.05, 3.63) is 35.4 Å². The maximum absolute atomic E-state index is 12.3. The number of carbonyl (C=O) groups excluding carboxylic acids is 2. The first-order valence-electron chi connectivity index (χ1n) is 7.28. The van der Waals surface area contributed by atoms with Crippen LogP contribution in [0.1, 0.15) is 33.3 Å². The van der Waals surface area contributed by atoms with Gasteiger partial charge in [0, 0.05) is 18.1 Å². The minimum absolute atomic E-state index is 0.191. The van der Waals surface area contributed by atoms with E-state index in [4.69, 9.17) is 9.47 Å². The maximum atomic E-state index is 12.3. The molecule has 0 unspecified atom stereocenters. The van der Waals surface area contributed by atoms with Gasteiger partial charge >= 0.3 is 5.97 Å². The van der Waals surface area contributed by atoms with Crippen molar-refractivity contribution in [2.75, 3.05) is 13.2 Å². The molecular formula is C17H21NO4. The molecule has 1 aromatic carbocycles. The van der Waals surface area contributed by atoms with Gasteiger partial charge in [0.05, 0.1) is 17.7 Å². The van der Waals surface area contributed by atoms with Gasteiger partial charge in [-0.05, 0) is 32.9 Å². The molecule has 1 aliphatic heterocycles. The van der Waals surface area contributed by atoms with Crippen molar-refractivity contribution in [1.29, 1.82) is 0 Å². The SMILES string of the molecule is CCOC(=O)C(C)(C)C1=C(NC(C)=O)c2ccccc2OC1. The molecule has 5 nitrogen and oxygen atoms in total. The van der Waals surface area contributed by atoms with Crippen LogP contribution in [0, 0.1) is 5.41 Å². The highest BCUT2D eigenvalue weighted by atomic mass is 16.5. The second-order valence-electron chi connectivity index (χ2n) is 5.67. The Kier molecular flexibility index (Phi) is 4.54. The number of ether oxygens (including phenoxy) is 2. The molecule has 118 valence electrons. The van der Waals surface area contributed by atoms with Gasteiger partial charge in [-0.15, -0.1) is 0 Å². The molecule has 0 radical (unpaired) electrons. The van der Waals surface area contributed by atoms with E-state index in [0.717, 1.165) is 5.56 Å². The van der Waals surface area contributed by atoms with E-state index in [9.17, 15) is 9.59 Å². The fraction of sp³-hybridized carbons (Fsp3) is 0.412. The van der Waals surface area contributed by atoms with Crippen molar-refractivity contribution >= 4 is 17.6 Å². The molecule has 2 rings (SSSR count). The highest BCUT2D eigenvalue weighted by molar-refractivity contribution is 5.91. The van der Waals surface area contributed by atoms with Crippen molar-refractivity contribution in [2.45, 2.75) is 27.7 Å². The van der Waals surface area contributed by atoms with Crippen molar-refractivity contribution < 1.29 is 19.1 Å². The molecule has 0 saturated heterocycles. The molecule has 0 aliphatic carbocycles. The summed E-state index contributed by atoms with van der Waals surface area (Å²) in [5.41, 5.74) is 1.23. The largest absolute Gasteiger partial charge is 0.488 e. The molecule has 0 fully saturated rings. The summed E-state index contributed by atoms with van der Waals surface area (Å²) in [7, 11) is 0. The average Bonchev–Trinajstić information content (AvgIpc) is 2.47. The molecule has 1 N–H and O–H groups in total. The Morgan fingerprint density at radius 1 is 1.32 bits per heavy atom. The van der Waals surface area contributed by atoms with Gasteiger partial charge in [-0.2, -0.15) is 0 Å². The molecule has 0 saturated carbocycles. The van der Waals surface area contributed by atoms with Crippen LogP contribution in [0.4, 0.5) is 0 Å². The van der Waals surface area contributed by atoms with E-state index >= 15 is 0 Å². The number of esters is 1. The Hall–Kier alpha value is -2.30. The van der Waals surface area contributed by atoms with E-state index in [2.05, 4.69) is 5.32 Å². The van der Waals surface area contributed by atoms with Crippen molar-refractivity contribution in [3.63, 3.8) is 0 Å². The van der Waals surface area contributed by atoms with Crippen molar-refractivity contribution in [1.82, 2.24) is 5.32 Å². The average molecular weight is 303 g/mol. The summed E-state index contributed by atoms with van der Waals surface area (Å²) in [5.74, 6) is 0.161. The number of hydrogen-bond acceptors (Lipinski definition) is 4. The van der Waals surface area contributed by atoms with E-state index in [1.54, 1.807) is 20.8 Å². The number of amides is 1. The van der Waals surface area contributed by atoms with Crippen molar-refractivity contribution in [2.24, 2.45) is 5.41 Å². The van der Waals surface area contributed by atoms with E-state index in [0.29, 0.717) is 23.6 Å². The van der Waals surface area contributed by atoms with Gasteiger partial charge in [0.2, 0.25) is 5.91 Å². The molecule has 0 atom stereocenters. The van der Waals surface area contributed by atoms with E-state index < -0.39 is 5.41 Å². The monoisotopic (exact) mass is 303 g/mol. The van der Waals surface area contributed by atoms with Crippen LogP contribution in [0.25, 0.3) is 5.70 Å². The van der Waals surface area contributed by atoms with E-state index in [1.807, 2.05) is 24.3 Å². The van der Waals surface area contributed by atoms with Gasteiger partial charge < -0.3 is 14.8 Å². The number of fused-ring (bicyclic) bond motifs is 1. The summed E-state index contributed by atoms with van der Waals surface area (Å²) in [6.45, 7) is 7.31. The fourth-order valence-electron chi connectivity index (χ4n) is 2.43. The third kappa shape index (κ3) is 2.98. The van der Waals surface area contributed by atoms with Crippen LogP contribution >= 0.6 is 0 Å². The Morgan fingerprint density at radius 3 is 2.64 bits per heavy atom. The minimum atomic E-state index is -0.888. The highest BCUT2D eigenvalue weighted by Crippen LogP contribution is 2.39. The Labute approximate surface area is 130 Å². The molecule has 0 bridgehead atoms. The number of benzene rings is 1. The number of para-hydroxylation sites is 1. The first-order chi connectivity index (χ1) is 10.4. The Bertz CT molecular complexity index is 631. The van der Waals surface area contributed by atoms with Gasteiger partial charge in [-0.25, -0.2) is 0 Å².